The van der Waals surface area contributed by atoms with Crippen molar-refractivity contribution in [1.82, 2.24) is 30.7 Å². The van der Waals surface area contributed by atoms with Crippen LogP contribution in [0.25, 0.3) is 0 Å². The number of nitrogens with two attached hydrogens (primary N) is 1. The molecule has 2 atom stereocenters. The van der Waals surface area contributed by atoms with E-state index in [0.29, 0.717) is 44.5 Å². The number of benzene rings is 1. The van der Waals surface area contributed by atoms with Gasteiger partial charge >= 0.3 is 12.1 Å². The molecule has 0 aromatic heterocycles. The molecule has 6 N–H and O–H groups in total. The topological polar surface area (TPSA) is 213 Å². The van der Waals surface area contributed by atoms with Crippen LogP contribution in [0.4, 0.5) is 15.3 Å². The maximum absolute atomic E-state index is 13.4. The van der Waals surface area contributed by atoms with E-state index in [4.69, 9.17) is 10.5 Å². The standard InChI is InChI=1S/C34H50N8O8/c1-23(2)30(39-27(43)9-5-4-6-17-42-28(44)14-15-29(42)45)32(47)38-26(8-7-16-36-33(35)48)31(46)37-25-12-10-24(11-13-25)22-50-34(49)41-20-18-40(3)19-21-41/h10-15,23,26,30H,4-9,16-22H2,1-3H3,(H,37,46)(H,38,47)(H,39,43)(H3,35,36,48)/t26-,30-/m0/s1. The van der Waals surface area contributed by atoms with Gasteiger partial charge in [0.1, 0.15) is 18.7 Å². The SMILES string of the molecule is CC(C)[C@H](NC(=O)CCCCCN1C(=O)C=CC1=O)C(=O)N[C@@H](CCCNC(N)=O)C(=O)Nc1ccc(COC(=O)N2CCN(C)CC2)cc1. The molecular formula is C34H50N8O8. The van der Waals surface area contributed by atoms with Crippen molar-refractivity contribution >= 4 is 47.3 Å². The van der Waals surface area contributed by atoms with Crippen molar-refractivity contribution < 1.29 is 38.3 Å². The second-order valence-corrected chi connectivity index (χ2v) is 12.8. The van der Waals surface area contributed by atoms with Crippen LogP contribution in [0.15, 0.2) is 36.4 Å². The number of urea groups is 1. The van der Waals surface area contributed by atoms with E-state index in [0.717, 1.165) is 23.6 Å². The first-order valence-electron chi connectivity index (χ1n) is 17.0. The number of hydrogen-bond acceptors (Lipinski definition) is 9. The van der Waals surface area contributed by atoms with Gasteiger partial charge in [-0.1, -0.05) is 32.4 Å². The fraction of sp³-hybridized carbons (Fsp3) is 0.559. The molecule has 1 aromatic carbocycles. The molecule has 0 saturated carbocycles. The molecule has 274 valence electrons. The molecule has 16 nitrogen and oxygen atoms in total. The van der Waals surface area contributed by atoms with Crippen LogP contribution in [0.2, 0.25) is 0 Å². The number of carbonyl (C=O) groups excluding carboxylic acids is 7. The van der Waals surface area contributed by atoms with Gasteiger partial charge in [-0.05, 0) is 56.3 Å². The highest BCUT2D eigenvalue weighted by Gasteiger charge is 2.29. The van der Waals surface area contributed by atoms with Crippen LogP contribution in [0.1, 0.15) is 57.9 Å². The van der Waals surface area contributed by atoms with Crippen LogP contribution in [0, 0.1) is 5.92 Å². The molecule has 3 rings (SSSR count). The van der Waals surface area contributed by atoms with Crippen LogP contribution >= 0.6 is 0 Å². The predicted molar refractivity (Wildman–Crippen MR) is 184 cm³/mol. The molecule has 0 bridgehead atoms. The summed E-state index contributed by atoms with van der Waals surface area (Å²) in [5, 5.41) is 10.8. The second kappa shape index (κ2) is 19.9. The van der Waals surface area contributed by atoms with Gasteiger partial charge in [0, 0.05) is 63.5 Å². The maximum atomic E-state index is 13.4. The average molecular weight is 699 g/mol. The Bertz CT molecular complexity index is 1370. The number of carbonyl (C=O) groups is 7. The van der Waals surface area contributed by atoms with Gasteiger partial charge < -0.3 is 41.5 Å². The summed E-state index contributed by atoms with van der Waals surface area (Å²) in [6, 6.07) is 4.17. The molecule has 1 aromatic rings. The summed E-state index contributed by atoms with van der Waals surface area (Å²) in [5.74, 6) is -2.35. The van der Waals surface area contributed by atoms with E-state index in [1.165, 1.54) is 12.2 Å². The summed E-state index contributed by atoms with van der Waals surface area (Å²) in [6.45, 7) is 6.88. The van der Waals surface area contributed by atoms with E-state index in [1.54, 1.807) is 43.0 Å². The number of likely N-dealkylation sites (N-methyl/N-ethyl adjacent to an activating group) is 1. The minimum absolute atomic E-state index is 0.0750. The van der Waals surface area contributed by atoms with E-state index < -0.39 is 29.9 Å². The lowest BCUT2D eigenvalue weighted by molar-refractivity contribution is -0.137. The largest absolute Gasteiger partial charge is 0.445 e. The van der Waals surface area contributed by atoms with E-state index >= 15 is 0 Å². The summed E-state index contributed by atoms with van der Waals surface area (Å²) >= 11 is 0. The third kappa shape index (κ3) is 13.1. The first-order valence-corrected chi connectivity index (χ1v) is 17.0. The van der Waals surface area contributed by atoms with Gasteiger partial charge in [-0.3, -0.25) is 28.9 Å². The fourth-order valence-corrected chi connectivity index (χ4v) is 5.35. The highest BCUT2D eigenvalue weighted by Crippen LogP contribution is 2.14. The number of anilines is 1. The smallest absolute Gasteiger partial charge is 0.410 e. The zero-order chi connectivity index (χ0) is 36.6. The van der Waals surface area contributed by atoms with Crippen molar-refractivity contribution in [3.05, 3.63) is 42.0 Å². The van der Waals surface area contributed by atoms with Gasteiger partial charge in [-0.15, -0.1) is 0 Å². The maximum Gasteiger partial charge on any atom is 0.410 e. The summed E-state index contributed by atoms with van der Waals surface area (Å²) < 4.78 is 5.44. The Morgan fingerprint density at radius 3 is 2.14 bits per heavy atom. The lowest BCUT2D eigenvalue weighted by Gasteiger charge is -2.31. The zero-order valence-electron chi connectivity index (χ0n) is 29.1. The normalized spacial score (nSPS) is 15.8. The number of ether oxygens (including phenoxy) is 1. The van der Waals surface area contributed by atoms with Crippen molar-refractivity contribution in [2.45, 2.75) is 71.1 Å². The minimum atomic E-state index is -0.995. The molecule has 2 aliphatic heterocycles. The molecule has 0 unspecified atom stereocenters. The molecule has 8 amide bonds. The molecule has 50 heavy (non-hydrogen) atoms. The molecule has 2 heterocycles. The number of amides is 8. The molecule has 2 aliphatic rings. The van der Waals surface area contributed by atoms with Crippen molar-refractivity contribution in [2.24, 2.45) is 11.7 Å². The van der Waals surface area contributed by atoms with Gasteiger partial charge in [0.2, 0.25) is 17.7 Å². The van der Waals surface area contributed by atoms with Crippen LogP contribution in [0.5, 0.6) is 0 Å². The van der Waals surface area contributed by atoms with E-state index in [9.17, 15) is 33.6 Å². The van der Waals surface area contributed by atoms with E-state index in [2.05, 4.69) is 26.2 Å². The Morgan fingerprint density at radius 1 is 0.860 bits per heavy atom. The highest BCUT2D eigenvalue weighted by atomic mass is 16.6. The number of primary amides is 1. The number of rotatable bonds is 18. The Kier molecular flexibility index (Phi) is 15.7. The second-order valence-electron chi connectivity index (χ2n) is 12.8. The number of imide groups is 1. The fourth-order valence-electron chi connectivity index (χ4n) is 5.35. The molecule has 16 heteroatoms. The molecule has 0 spiro atoms. The van der Waals surface area contributed by atoms with Crippen LogP contribution < -0.4 is 27.0 Å². The van der Waals surface area contributed by atoms with Crippen molar-refractivity contribution in [2.75, 3.05) is 51.6 Å². The van der Waals surface area contributed by atoms with Crippen LogP contribution in [0.3, 0.4) is 0 Å². The van der Waals surface area contributed by atoms with Gasteiger partial charge in [0.15, 0.2) is 0 Å². The highest BCUT2D eigenvalue weighted by molar-refractivity contribution is 6.12. The van der Waals surface area contributed by atoms with Gasteiger partial charge in [-0.2, -0.15) is 0 Å². The Balaban J connectivity index is 1.51. The van der Waals surface area contributed by atoms with Crippen molar-refractivity contribution in [3.63, 3.8) is 0 Å². The molecule has 1 saturated heterocycles. The van der Waals surface area contributed by atoms with Crippen LogP contribution in [-0.4, -0.2) is 115 Å². The van der Waals surface area contributed by atoms with Crippen LogP contribution in [-0.2, 0) is 35.3 Å². The summed E-state index contributed by atoms with van der Waals surface area (Å²) in [6.07, 6.45) is 4.39. The first-order chi connectivity index (χ1) is 23.8. The van der Waals surface area contributed by atoms with Crippen molar-refractivity contribution in [3.8, 4) is 0 Å². The first kappa shape index (κ1) is 39.4. The number of hydrogen-bond donors (Lipinski definition) is 5. The van der Waals surface area contributed by atoms with Gasteiger partial charge in [0.25, 0.3) is 11.8 Å². The molecule has 0 aliphatic carbocycles. The molecule has 0 radical (unpaired) electrons. The summed E-state index contributed by atoms with van der Waals surface area (Å²) in [7, 11) is 2.00. The lowest BCUT2D eigenvalue weighted by atomic mass is 10.0. The Morgan fingerprint density at radius 2 is 1.52 bits per heavy atom. The quantitative estimate of drug-likeness (QED) is 0.109. The number of unbranched alkanes of at least 4 members (excludes halogenated alkanes) is 2. The number of piperazine rings is 1. The van der Waals surface area contributed by atoms with Crippen molar-refractivity contribution in [1.29, 1.82) is 0 Å². The lowest BCUT2D eigenvalue weighted by Crippen LogP contribution is -2.54. The van der Waals surface area contributed by atoms with Gasteiger partial charge in [-0.25, -0.2) is 9.59 Å². The van der Waals surface area contributed by atoms with E-state index in [1.807, 2.05) is 7.05 Å². The predicted octanol–water partition coefficient (Wildman–Crippen LogP) is 1.07. The monoisotopic (exact) mass is 698 g/mol. The third-order valence-electron chi connectivity index (χ3n) is 8.40. The molecular weight excluding hydrogens is 648 g/mol. The average Bonchev–Trinajstić information content (AvgIpc) is 3.40. The zero-order valence-corrected chi connectivity index (χ0v) is 29.1. The Labute approximate surface area is 292 Å². The summed E-state index contributed by atoms with van der Waals surface area (Å²) in [5.41, 5.74) is 6.35. The minimum Gasteiger partial charge on any atom is -0.445 e. The summed E-state index contributed by atoms with van der Waals surface area (Å²) in [4.78, 5) is 91.3. The Hall–Kier alpha value is -4.99. The number of nitrogens with one attached hydrogen (secondary N) is 4. The molecule has 1 fully saturated rings. The van der Waals surface area contributed by atoms with Gasteiger partial charge in [0.05, 0.1) is 0 Å². The third-order valence-corrected chi connectivity index (χ3v) is 8.40. The van der Waals surface area contributed by atoms with E-state index in [-0.39, 0.29) is 62.3 Å². The number of nitrogens with zero attached hydrogens (tertiary/aromatic N) is 3.